The molecule has 0 bridgehead atoms. The van der Waals surface area contributed by atoms with Gasteiger partial charge < -0.3 is 10.0 Å². The predicted molar refractivity (Wildman–Crippen MR) is 60.9 cm³/mol. The summed E-state index contributed by atoms with van der Waals surface area (Å²) in [4.78, 5) is 13.6. The van der Waals surface area contributed by atoms with Crippen molar-refractivity contribution >= 4 is 17.5 Å². The Labute approximate surface area is 96.4 Å². The number of nitrogens with zero attached hydrogens (tertiary/aromatic N) is 1. The number of aliphatic hydroxyl groups is 1. The molecule has 1 aliphatic heterocycles. The van der Waals surface area contributed by atoms with Crippen LogP contribution in [0.5, 0.6) is 0 Å². The molecule has 1 saturated heterocycles. The van der Waals surface area contributed by atoms with Crippen LogP contribution in [0.4, 0.5) is 0 Å². The summed E-state index contributed by atoms with van der Waals surface area (Å²) in [5, 5.41) is 8.81. The maximum Gasteiger partial charge on any atom is 0.240 e. The predicted octanol–water partition coefficient (Wildman–Crippen LogP) is 1.48. The first-order chi connectivity index (χ1) is 6.92. The third-order valence-corrected chi connectivity index (χ3v) is 3.80. The number of hydrogen-bond acceptors (Lipinski definition) is 2. The number of halogens is 1. The Bertz CT molecular complexity index is 243. The van der Waals surface area contributed by atoms with Gasteiger partial charge in [-0.3, -0.25) is 4.79 Å². The van der Waals surface area contributed by atoms with Crippen LogP contribution in [0.25, 0.3) is 0 Å². The average Bonchev–Trinajstić information content (AvgIpc) is 2.51. The van der Waals surface area contributed by atoms with Gasteiger partial charge in [-0.15, -0.1) is 11.6 Å². The highest BCUT2D eigenvalue weighted by Gasteiger charge is 2.41. The number of hydrogen-bond donors (Lipinski definition) is 1. The highest BCUT2D eigenvalue weighted by Crippen LogP contribution is 2.35. The molecule has 0 saturated carbocycles. The summed E-state index contributed by atoms with van der Waals surface area (Å²) in [7, 11) is 0. The van der Waals surface area contributed by atoms with Crippen molar-refractivity contribution in [1.29, 1.82) is 0 Å². The third kappa shape index (κ3) is 2.64. The van der Waals surface area contributed by atoms with Crippen molar-refractivity contribution in [1.82, 2.24) is 4.90 Å². The first-order valence-corrected chi connectivity index (χ1v) is 5.89. The minimum Gasteiger partial charge on any atom is -0.396 e. The van der Waals surface area contributed by atoms with Gasteiger partial charge in [0.1, 0.15) is 5.38 Å². The van der Waals surface area contributed by atoms with Crippen molar-refractivity contribution in [2.45, 2.75) is 32.6 Å². The van der Waals surface area contributed by atoms with Crippen molar-refractivity contribution < 1.29 is 9.90 Å². The summed E-state index contributed by atoms with van der Waals surface area (Å²) in [6.07, 6.45) is 0.654. The van der Waals surface area contributed by atoms with Crippen LogP contribution in [0.3, 0.4) is 0 Å². The molecule has 4 heteroatoms. The van der Waals surface area contributed by atoms with Gasteiger partial charge in [0, 0.05) is 25.6 Å². The topological polar surface area (TPSA) is 40.5 Å². The van der Waals surface area contributed by atoms with E-state index in [1.807, 2.05) is 6.92 Å². The normalized spacial score (nSPS) is 26.7. The van der Waals surface area contributed by atoms with Crippen LogP contribution in [0.15, 0.2) is 0 Å². The molecule has 15 heavy (non-hydrogen) atoms. The second-order valence-corrected chi connectivity index (χ2v) is 5.49. The van der Waals surface area contributed by atoms with Gasteiger partial charge in [-0.25, -0.2) is 0 Å². The monoisotopic (exact) mass is 233 g/mol. The molecule has 0 radical (unpaired) electrons. The van der Waals surface area contributed by atoms with E-state index in [1.54, 1.807) is 4.90 Å². The third-order valence-electron chi connectivity index (χ3n) is 3.30. The summed E-state index contributed by atoms with van der Waals surface area (Å²) in [5.41, 5.74) is -0.00520. The lowest BCUT2D eigenvalue weighted by Gasteiger charge is -2.23. The minimum absolute atomic E-state index is 0.00296. The van der Waals surface area contributed by atoms with Gasteiger partial charge in [-0.2, -0.15) is 0 Å². The van der Waals surface area contributed by atoms with Crippen LogP contribution >= 0.6 is 11.6 Å². The molecular weight excluding hydrogens is 214 g/mol. The number of alkyl halides is 1. The highest BCUT2D eigenvalue weighted by molar-refractivity contribution is 6.30. The van der Waals surface area contributed by atoms with E-state index in [1.165, 1.54) is 0 Å². The van der Waals surface area contributed by atoms with Gasteiger partial charge in [0.25, 0.3) is 0 Å². The second kappa shape index (κ2) is 4.71. The Morgan fingerprint density at radius 2 is 2.27 bits per heavy atom. The zero-order valence-electron chi connectivity index (χ0n) is 9.66. The molecule has 0 unspecified atom stereocenters. The van der Waals surface area contributed by atoms with Gasteiger partial charge >= 0.3 is 0 Å². The molecule has 0 aromatic rings. The van der Waals surface area contributed by atoms with Crippen LogP contribution in [-0.4, -0.2) is 41.0 Å². The Morgan fingerprint density at radius 1 is 1.67 bits per heavy atom. The Balaban J connectivity index is 2.65. The van der Waals surface area contributed by atoms with E-state index >= 15 is 0 Å². The van der Waals surface area contributed by atoms with Crippen molar-refractivity contribution in [2.75, 3.05) is 19.7 Å². The van der Waals surface area contributed by atoms with Gasteiger partial charge in [0.15, 0.2) is 0 Å². The summed E-state index contributed by atoms with van der Waals surface area (Å²) in [6, 6.07) is 0. The molecule has 1 fully saturated rings. The highest BCUT2D eigenvalue weighted by atomic mass is 35.5. The van der Waals surface area contributed by atoms with Crippen LogP contribution in [0.1, 0.15) is 27.2 Å². The van der Waals surface area contributed by atoms with Gasteiger partial charge in [-0.1, -0.05) is 20.8 Å². The number of amides is 1. The molecule has 1 aliphatic rings. The van der Waals surface area contributed by atoms with Crippen molar-refractivity contribution in [3.05, 3.63) is 0 Å². The molecule has 0 aliphatic carbocycles. The van der Waals surface area contributed by atoms with E-state index < -0.39 is 5.38 Å². The molecule has 0 aromatic heterocycles. The summed E-state index contributed by atoms with van der Waals surface area (Å²) in [5.74, 6) is 0.172. The second-order valence-electron chi connectivity index (χ2n) is 4.96. The molecular formula is C11H20ClNO2. The number of carbonyl (C=O) groups is 1. The number of likely N-dealkylation sites (tertiary alicyclic amines) is 1. The lowest BCUT2D eigenvalue weighted by molar-refractivity contribution is -0.130. The first kappa shape index (κ1) is 12.8. The lowest BCUT2D eigenvalue weighted by atomic mass is 9.83. The number of rotatable bonds is 3. The van der Waals surface area contributed by atoms with Gasteiger partial charge in [0.05, 0.1) is 0 Å². The zero-order valence-corrected chi connectivity index (χ0v) is 10.4. The first-order valence-electron chi connectivity index (χ1n) is 5.46. The molecule has 1 heterocycles. The van der Waals surface area contributed by atoms with E-state index in [-0.39, 0.29) is 23.8 Å². The summed E-state index contributed by atoms with van der Waals surface area (Å²) >= 11 is 5.93. The Hall–Kier alpha value is -0.280. The average molecular weight is 234 g/mol. The molecule has 2 atom stereocenters. The SMILES string of the molecule is CC[C@@H](Cl)C(=O)N1C[C@H](CO)C(C)(C)C1. The standard InChI is InChI=1S/C11H20ClNO2/c1-4-9(12)10(15)13-5-8(6-14)11(2,3)7-13/h8-9,14H,4-7H2,1-3H3/t8-,9-/m1/s1. The van der Waals surface area contributed by atoms with Crippen LogP contribution in [0.2, 0.25) is 0 Å². The minimum atomic E-state index is -0.418. The number of aliphatic hydroxyl groups excluding tert-OH is 1. The van der Waals surface area contributed by atoms with Crippen LogP contribution in [0, 0.1) is 11.3 Å². The van der Waals surface area contributed by atoms with E-state index in [0.29, 0.717) is 19.5 Å². The molecule has 3 nitrogen and oxygen atoms in total. The maximum atomic E-state index is 11.8. The fraction of sp³-hybridized carbons (Fsp3) is 0.909. The molecule has 1 rings (SSSR count). The fourth-order valence-electron chi connectivity index (χ4n) is 2.04. The van der Waals surface area contributed by atoms with Gasteiger partial charge in [0.2, 0.25) is 5.91 Å². The van der Waals surface area contributed by atoms with E-state index in [4.69, 9.17) is 11.6 Å². The van der Waals surface area contributed by atoms with Crippen LogP contribution < -0.4 is 0 Å². The van der Waals surface area contributed by atoms with Crippen molar-refractivity contribution in [2.24, 2.45) is 11.3 Å². The quantitative estimate of drug-likeness (QED) is 0.751. The van der Waals surface area contributed by atoms with Crippen molar-refractivity contribution in [3.63, 3.8) is 0 Å². The Morgan fingerprint density at radius 3 is 2.67 bits per heavy atom. The van der Waals surface area contributed by atoms with E-state index in [0.717, 1.165) is 0 Å². The number of carbonyl (C=O) groups excluding carboxylic acids is 1. The molecule has 1 amide bonds. The fourth-order valence-corrected chi connectivity index (χ4v) is 2.18. The van der Waals surface area contributed by atoms with Gasteiger partial charge in [-0.05, 0) is 11.8 Å². The van der Waals surface area contributed by atoms with Crippen molar-refractivity contribution in [3.8, 4) is 0 Å². The summed E-state index contributed by atoms with van der Waals surface area (Å²) < 4.78 is 0. The van der Waals surface area contributed by atoms with Crippen LogP contribution in [-0.2, 0) is 4.79 Å². The molecule has 0 spiro atoms. The van der Waals surface area contributed by atoms with E-state index in [2.05, 4.69) is 13.8 Å². The molecule has 88 valence electrons. The molecule has 1 N–H and O–H groups in total. The largest absolute Gasteiger partial charge is 0.396 e. The lowest BCUT2D eigenvalue weighted by Crippen LogP contribution is -2.35. The van der Waals surface area contributed by atoms with E-state index in [9.17, 15) is 9.90 Å². The maximum absolute atomic E-state index is 11.8. The zero-order chi connectivity index (χ0) is 11.6. The Kier molecular flexibility index (Phi) is 4.01. The molecule has 0 aromatic carbocycles. The smallest absolute Gasteiger partial charge is 0.240 e. The summed E-state index contributed by atoms with van der Waals surface area (Å²) in [6.45, 7) is 7.52.